The van der Waals surface area contributed by atoms with Gasteiger partial charge in [0.15, 0.2) is 0 Å². The lowest BCUT2D eigenvalue weighted by molar-refractivity contribution is -0.139. The van der Waals surface area contributed by atoms with E-state index in [-0.39, 0.29) is 23.9 Å². The second-order valence-corrected chi connectivity index (χ2v) is 8.00. The highest BCUT2D eigenvalue weighted by Crippen LogP contribution is 2.35. The van der Waals surface area contributed by atoms with Gasteiger partial charge in [0, 0.05) is 17.9 Å². The summed E-state index contributed by atoms with van der Waals surface area (Å²) in [7, 11) is 0. The minimum Gasteiger partial charge on any atom is -0.463 e. The average molecular weight is 505 g/mol. The number of para-hydroxylation sites is 1. The van der Waals surface area contributed by atoms with Crippen LogP contribution in [0.5, 0.6) is 0 Å². The van der Waals surface area contributed by atoms with Crippen LogP contribution in [0.4, 0.5) is 34.1 Å². The lowest BCUT2D eigenvalue weighted by Gasteiger charge is -2.35. The maximum absolute atomic E-state index is 13.2. The molecule has 0 radical (unpaired) electrons. The van der Waals surface area contributed by atoms with Gasteiger partial charge in [-0.25, -0.2) is 14.4 Å². The number of amides is 4. The van der Waals surface area contributed by atoms with Crippen LogP contribution in [0.1, 0.15) is 44.4 Å². The van der Waals surface area contributed by atoms with Gasteiger partial charge in [0.2, 0.25) is 0 Å². The second-order valence-electron chi connectivity index (χ2n) is 8.00. The maximum Gasteiger partial charge on any atom is 0.418 e. The fraction of sp³-hybridized carbons (Fsp3) is 0.320. The number of hydrogen-bond donors (Lipinski definition) is 3. The van der Waals surface area contributed by atoms with Gasteiger partial charge in [-0.2, -0.15) is 13.2 Å². The first-order valence-electron chi connectivity index (χ1n) is 11.4. The Morgan fingerprint density at radius 3 is 2.47 bits per heavy atom. The van der Waals surface area contributed by atoms with E-state index in [2.05, 4.69) is 16.0 Å². The van der Waals surface area contributed by atoms with Crippen molar-refractivity contribution in [1.29, 1.82) is 0 Å². The first-order valence-corrected chi connectivity index (χ1v) is 11.4. The number of urea groups is 2. The van der Waals surface area contributed by atoms with Crippen LogP contribution in [0.2, 0.25) is 0 Å². The van der Waals surface area contributed by atoms with Crippen molar-refractivity contribution >= 4 is 29.4 Å². The molecule has 1 atom stereocenters. The molecule has 1 aliphatic heterocycles. The van der Waals surface area contributed by atoms with Gasteiger partial charge >= 0.3 is 24.2 Å². The van der Waals surface area contributed by atoms with Gasteiger partial charge in [0.25, 0.3) is 0 Å². The van der Waals surface area contributed by atoms with Crippen LogP contribution in [0.3, 0.4) is 0 Å². The summed E-state index contributed by atoms with van der Waals surface area (Å²) in [5.41, 5.74) is 0.0815. The summed E-state index contributed by atoms with van der Waals surface area (Å²) in [6, 6.07) is 8.83. The van der Waals surface area contributed by atoms with Crippen LogP contribution < -0.4 is 16.0 Å². The lowest BCUT2D eigenvalue weighted by Crippen LogP contribution is -2.48. The van der Waals surface area contributed by atoms with Gasteiger partial charge in [0.1, 0.15) is 0 Å². The van der Waals surface area contributed by atoms with E-state index < -0.39 is 35.5 Å². The second kappa shape index (κ2) is 11.1. The zero-order chi connectivity index (χ0) is 26.5. The van der Waals surface area contributed by atoms with Crippen molar-refractivity contribution in [2.75, 3.05) is 23.8 Å². The van der Waals surface area contributed by atoms with E-state index in [1.165, 1.54) is 29.2 Å². The number of ether oxygens (including phenoxy) is 1. The van der Waals surface area contributed by atoms with Crippen LogP contribution in [0, 0.1) is 0 Å². The minimum absolute atomic E-state index is 0.144. The van der Waals surface area contributed by atoms with Crippen LogP contribution in [-0.2, 0) is 15.7 Å². The molecule has 1 aliphatic rings. The number of nitrogens with zero attached hydrogens (tertiary/aromatic N) is 1. The SMILES string of the molecule is CCCN1C(=O)NC(c2cccc(NC(=O)Nc3ccccc3C(F)(F)F)c2)C(C(=O)OCC)=C1C. The van der Waals surface area contributed by atoms with E-state index >= 15 is 0 Å². The Bertz CT molecular complexity index is 1180. The number of halogens is 3. The molecular weight excluding hydrogens is 477 g/mol. The van der Waals surface area contributed by atoms with E-state index in [4.69, 9.17) is 4.74 Å². The van der Waals surface area contributed by atoms with Gasteiger partial charge in [0.05, 0.1) is 29.5 Å². The third-order valence-electron chi connectivity index (χ3n) is 5.50. The zero-order valence-electron chi connectivity index (χ0n) is 20.0. The van der Waals surface area contributed by atoms with Crippen molar-refractivity contribution in [2.24, 2.45) is 0 Å². The highest BCUT2D eigenvalue weighted by molar-refractivity contribution is 6.00. The van der Waals surface area contributed by atoms with Crippen molar-refractivity contribution in [2.45, 2.75) is 39.4 Å². The van der Waals surface area contributed by atoms with Gasteiger partial charge in [-0.1, -0.05) is 31.2 Å². The molecular formula is C25H27F3N4O4. The molecule has 1 heterocycles. The third-order valence-corrected chi connectivity index (χ3v) is 5.50. The fourth-order valence-electron chi connectivity index (χ4n) is 3.92. The first kappa shape index (κ1) is 26.6. The number of anilines is 2. The molecule has 0 aliphatic carbocycles. The summed E-state index contributed by atoms with van der Waals surface area (Å²) in [6.45, 7) is 5.80. The Labute approximate surface area is 206 Å². The zero-order valence-corrected chi connectivity index (χ0v) is 20.0. The topological polar surface area (TPSA) is 99.8 Å². The number of carbonyl (C=O) groups is 3. The molecule has 4 amide bonds. The lowest BCUT2D eigenvalue weighted by atomic mass is 9.94. The van der Waals surface area contributed by atoms with Gasteiger partial charge < -0.3 is 20.7 Å². The van der Waals surface area contributed by atoms with Crippen LogP contribution in [-0.4, -0.2) is 36.1 Å². The Morgan fingerprint density at radius 2 is 1.81 bits per heavy atom. The summed E-state index contributed by atoms with van der Waals surface area (Å²) in [5.74, 6) is -0.582. The van der Waals surface area contributed by atoms with Crippen molar-refractivity contribution in [3.05, 3.63) is 70.9 Å². The average Bonchev–Trinajstić information content (AvgIpc) is 2.81. The predicted octanol–water partition coefficient (Wildman–Crippen LogP) is 5.66. The number of esters is 1. The maximum atomic E-state index is 13.2. The summed E-state index contributed by atoms with van der Waals surface area (Å²) in [5, 5.41) is 7.52. The van der Waals surface area contributed by atoms with E-state index in [0.29, 0.717) is 24.2 Å². The molecule has 0 spiro atoms. The van der Waals surface area contributed by atoms with Crippen LogP contribution >= 0.6 is 0 Å². The molecule has 11 heteroatoms. The van der Waals surface area contributed by atoms with E-state index in [1.807, 2.05) is 6.92 Å². The summed E-state index contributed by atoms with van der Waals surface area (Å²) in [6.07, 6.45) is -3.96. The largest absolute Gasteiger partial charge is 0.463 e. The molecule has 36 heavy (non-hydrogen) atoms. The molecule has 2 aromatic rings. The molecule has 0 aromatic heterocycles. The van der Waals surface area contributed by atoms with Crippen LogP contribution in [0.25, 0.3) is 0 Å². The predicted molar refractivity (Wildman–Crippen MR) is 128 cm³/mol. The molecule has 0 fully saturated rings. The molecule has 192 valence electrons. The minimum atomic E-state index is -4.64. The first-order chi connectivity index (χ1) is 17.1. The molecule has 0 saturated heterocycles. The number of benzene rings is 2. The van der Waals surface area contributed by atoms with E-state index in [0.717, 1.165) is 12.1 Å². The summed E-state index contributed by atoms with van der Waals surface area (Å²) < 4.78 is 44.9. The molecule has 2 aromatic carbocycles. The number of alkyl halides is 3. The molecule has 3 N–H and O–H groups in total. The summed E-state index contributed by atoms with van der Waals surface area (Å²) in [4.78, 5) is 39.5. The van der Waals surface area contributed by atoms with Crippen molar-refractivity contribution in [3.8, 4) is 0 Å². The van der Waals surface area contributed by atoms with Crippen molar-refractivity contribution in [3.63, 3.8) is 0 Å². The van der Waals surface area contributed by atoms with Gasteiger partial charge in [-0.3, -0.25) is 4.90 Å². The number of nitrogens with one attached hydrogen (secondary N) is 3. The van der Waals surface area contributed by atoms with E-state index in [1.54, 1.807) is 26.0 Å². The quantitative estimate of drug-likeness (QED) is 0.424. The Hall–Kier alpha value is -4.02. The highest BCUT2D eigenvalue weighted by atomic mass is 19.4. The number of carbonyl (C=O) groups excluding carboxylic acids is 3. The van der Waals surface area contributed by atoms with Gasteiger partial charge in [-0.15, -0.1) is 0 Å². The smallest absolute Gasteiger partial charge is 0.418 e. The molecule has 3 rings (SSSR count). The van der Waals surface area contributed by atoms with Crippen molar-refractivity contribution in [1.82, 2.24) is 10.2 Å². The standard InChI is InChI=1S/C25H27F3N4O4/c1-4-13-32-15(3)20(22(33)36-5-2)21(31-24(32)35)16-9-8-10-17(14-16)29-23(34)30-19-12-7-6-11-18(19)25(26,27)28/h6-12,14,21H,4-5,13H2,1-3H3,(H,31,35)(H2,29,30,34). The number of hydrogen-bond acceptors (Lipinski definition) is 4. The molecule has 8 nitrogen and oxygen atoms in total. The number of rotatable bonds is 7. The summed E-state index contributed by atoms with van der Waals surface area (Å²) >= 11 is 0. The molecule has 1 unspecified atom stereocenters. The molecule has 0 bridgehead atoms. The Balaban J connectivity index is 1.88. The monoisotopic (exact) mass is 504 g/mol. The number of allylic oxidation sites excluding steroid dienone is 1. The Morgan fingerprint density at radius 1 is 1.08 bits per heavy atom. The fourth-order valence-corrected chi connectivity index (χ4v) is 3.92. The molecule has 0 saturated carbocycles. The highest BCUT2D eigenvalue weighted by Gasteiger charge is 2.36. The van der Waals surface area contributed by atoms with Crippen molar-refractivity contribution < 1.29 is 32.3 Å². The van der Waals surface area contributed by atoms with Gasteiger partial charge in [-0.05, 0) is 50.1 Å². The normalized spacial score (nSPS) is 15.9. The Kier molecular flexibility index (Phi) is 8.23. The van der Waals surface area contributed by atoms with E-state index in [9.17, 15) is 27.6 Å². The van der Waals surface area contributed by atoms with Crippen LogP contribution in [0.15, 0.2) is 59.8 Å². The third kappa shape index (κ3) is 5.96.